The summed E-state index contributed by atoms with van der Waals surface area (Å²) in [6, 6.07) is -0.903. The molecule has 10 heteroatoms. The maximum Gasteiger partial charge on any atom is 0.306 e. The smallest absolute Gasteiger partial charge is 0.306 e. The van der Waals surface area contributed by atoms with E-state index in [4.69, 9.17) is 13.8 Å². The van der Waals surface area contributed by atoms with Gasteiger partial charge < -0.3 is 28.5 Å². The molecule has 1 amide bonds. The fourth-order valence-corrected chi connectivity index (χ4v) is 8.82. The summed E-state index contributed by atoms with van der Waals surface area (Å²) in [4.78, 5) is 39.9. The lowest BCUT2D eigenvalue weighted by molar-refractivity contribution is -0.870. The van der Waals surface area contributed by atoms with Gasteiger partial charge in [-0.1, -0.05) is 216 Å². The fraction of sp³-hybridized carbons (Fsp3) is 0.770. The Bertz CT molecular complexity index is 1450. The molecule has 1 N–H and O–H groups in total. The normalized spacial score (nSPS) is 14.3. The number of rotatable bonds is 52. The number of hydrogen-bond donors (Lipinski definition) is 1. The Labute approximate surface area is 438 Å². The molecule has 0 saturated heterocycles. The van der Waals surface area contributed by atoms with Gasteiger partial charge in [0.2, 0.25) is 5.91 Å². The highest BCUT2D eigenvalue weighted by Crippen LogP contribution is 2.38. The zero-order valence-electron chi connectivity index (χ0n) is 46.9. The van der Waals surface area contributed by atoms with E-state index in [1.165, 1.54) is 109 Å². The molecule has 0 aliphatic carbocycles. The molecule has 0 rings (SSSR count). The number of unbranched alkanes of at least 4 members (excludes halogenated alkanes) is 26. The summed E-state index contributed by atoms with van der Waals surface area (Å²) in [5, 5.41) is 3.01. The molecule has 412 valence electrons. The van der Waals surface area contributed by atoms with E-state index in [-0.39, 0.29) is 31.3 Å². The van der Waals surface area contributed by atoms with Crippen LogP contribution in [0, 0.1) is 0 Å². The van der Waals surface area contributed by atoms with Gasteiger partial charge in [-0.2, -0.15) is 0 Å². The summed E-state index contributed by atoms with van der Waals surface area (Å²) in [5.74, 6) is -0.572. The number of likely N-dealkylation sites (N-methyl/N-ethyl adjacent to an activating group) is 1. The van der Waals surface area contributed by atoms with Gasteiger partial charge in [-0.15, -0.1) is 0 Å². The van der Waals surface area contributed by atoms with Crippen molar-refractivity contribution in [3.63, 3.8) is 0 Å². The summed E-state index contributed by atoms with van der Waals surface area (Å²) in [6.07, 6.45) is 64.4. The lowest BCUT2D eigenvalue weighted by Crippen LogP contribution is -2.47. The number of esters is 1. The van der Waals surface area contributed by atoms with Crippen LogP contribution in [0.25, 0.3) is 0 Å². The third-order valence-electron chi connectivity index (χ3n) is 12.6. The number of amides is 1. The molecule has 0 spiro atoms. The van der Waals surface area contributed by atoms with E-state index in [1.807, 2.05) is 33.3 Å². The van der Waals surface area contributed by atoms with Crippen molar-refractivity contribution in [3.05, 3.63) is 72.9 Å². The monoisotopic (exact) mass is 1010 g/mol. The number of ether oxygens (including phenoxy) is 1. The summed E-state index contributed by atoms with van der Waals surface area (Å²) in [5.41, 5.74) is 0. The summed E-state index contributed by atoms with van der Waals surface area (Å²) in [6.45, 7) is 6.68. The predicted molar refractivity (Wildman–Crippen MR) is 302 cm³/mol. The van der Waals surface area contributed by atoms with Crippen LogP contribution in [0.3, 0.4) is 0 Å². The molecule has 0 fully saturated rings. The first-order chi connectivity index (χ1) is 34.4. The Morgan fingerprint density at radius 3 is 1.38 bits per heavy atom. The SMILES string of the molecule is CC/C=C/C/C=C/C/C=C/CCCCCCC(=O)NC(COP(=O)([O-])OCC[N+](C)(C)C)C(/C=C/CCCCCCCCCCCC)OC(=O)CCCCCCCCCCC/C=C\C/C=C\CCCCC. The van der Waals surface area contributed by atoms with E-state index in [0.29, 0.717) is 17.4 Å². The van der Waals surface area contributed by atoms with Gasteiger partial charge in [-0.25, -0.2) is 0 Å². The van der Waals surface area contributed by atoms with Gasteiger partial charge in [0.05, 0.1) is 33.8 Å². The van der Waals surface area contributed by atoms with Crippen molar-refractivity contribution in [1.29, 1.82) is 0 Å². The number of nitrogens with one attached hydrogen (secondary N) is 1. The average molecular weight is 1020 g/mol. The van der Waals surface area contributed by atoms with Crippen LogP contribution >= 0.6 is 7.82 Å². The number of carbonyl (C=O) groups is 2. The average Bonchev–Trinajstić information content (AvgIpc) is 3.33. The molecule has 0 saturated carbocycles. The topological polar surface area (TPSA) is 114 Å². The molecule has 0 radical (unpaired) electrons. The highest BCUT2D eigenvalue weighted by atomic mass is 31.2. The molecule has 3 unspecified atom stereocenters. The van der Waals surface area contributed by atoms with E-state index >= 15 is 0 Å². The lowest BCUT2D eigenvalue weighted by atomic mass is 10.0. The quantitative estimate of drug-likeness (QED) is 0.0212. The highest BCUT2D eigenvalue weighted by molar-refractivity contribution is 7.45. The van der Waals surface area contributed by atoms with Crippen molar-refractivity contribution in [2.75, 3.05) is 40.9 Å². The molecular formula is C61H111N2O7P. The van der Waals surface area contributed by atoms with Crippen molar-refractivity contribution >= 4 is 19.7 Å². The molecule has 3 atom stereocenters. The van der Waals surface area contributed by atoms with Gasteiger partial charge in [0.15, 0.2) is 0 Å². The first-order valence-corrected chi connectivity index (χ1v) is 30.7. The third kappa shape index (κ3) is 52.1. The number of hydrogen-bond acceptors (Lipinski definition) is 7. The van der Waals surface area contributed by atoms with Gasteiger partial charge in [-0.05, 0) is 96.0 Å². The first kappa shape index (κ1) is 68.5. The molecule has 0 aliphatic rings. The molecule has 0 aliphatic heterocycles. The zero-order chi connectivity index (χ0) is 52.2. The Hall–Kier alpha value is -2.55. The number of phosphoric ester groups is 1. The second kappa shape index (κ2) is 51.0. The van der Waals surface area contributed by atoms with Gasteiger partial charge >= 0.3 is 5.97 Å². The first-order valence-electron chi connectivity index (χ1n) is 29.2. The van der Waals surface area contributed by atoms with E-state index in [0.717, 1.165) is 103 Å². The largest absolute Gasteiger partial charge is 0.756 e. The standard InChI is InChI=1S/C61H111N2O7P/c1-7-10-13-16-19-22-25-28-30-31-32-33-34-36-39-42-45-48-51-54-61(65)70-59(52-49-46-43-40-37-27-24-21-18-15-12-9-3)58(57-69-71(66,67)68-56-55-63(4,5)6)62-60(64)53-50-47-44-41-38-35-29-26-23-20-17-14-11-8-2/h11,14,19-20,22-23,28-30,35,49,52,58-59H,7-10,12-13,15-18,21,24-27,31-34,36-48,50-51,53-57H2,1-6H3,(H-,62,64,66,67)/b14-11+,22-19-,23-20+,30-28-,35-29+,52-49+. The van der Waals surface area contributed by atoms with Crippen LogP contribution in [0.4, 0.5) is 0 Å². The van der Waals surface area contributed by atoms with Crippen LogP contribution in [0.1, 0.15) is 252 Å². The lowest BCUT2D eigenvalue weighted by Gasteiger charge is -2.30. The molecule has 0 bridgehead atoms. The van der Waals surface area contributed by atoms with Crippen molar-refractivity contribution in [3.8, 4) is 0 Å². The number of allylic oxidation sites excluding steroid dienone is 11. The highest BCUT2D eigenvalue weighted by Gasteiger charge is 2.27. The number of nitrogens with zero attached hydrogens (tertiary/aromatic N) is 1. The Morgan fingerprint density at radius 2 is 0.901 bits per heavy atom. The van der Waals surface area contributed by atoms with Crippen LogP contribution in [-0.4, -0.2) is 69.4 Å². The number of carbonyl (C=O) groups excluding carboxylic acids is 2. The van der Waals surface area contributed by atoms with Gasteiger partial charge in [-0.3, -0.25) is 14.2 Å². The predicted octanol–water partition coefficient (Wildman–Crippen LogP) is 17.0. The van der Waals surface area contributed by atoms with E-state index in [9.17, 15) is 19.0 Å². The van der Waals surface area contributed by atoms with Crippen molar-refractivity contribution < 1.29 is 37.3 Å². The van der Waals surface area contributed by atoms with E-state index in [2.05, 4.69) is 86.8 Å². The van der Waals surface area contributed by atoms with Crippen LogP contribution < -0.4 is 10.2 Å². The third-order valence-corrected chi connectivity index (χ3v) is 13.6. The molecule has 9 nitrogen and oxygen atoms in total. The fourth-order valence-electron chi connectivity index (χ4n) is 8.09. The second-order valence-corrected chi connectivity index (χ2v) is 22.2. The van der Waals surface area contributed by atoms with Crippen LogP contribution in [0.2, 0.25) is 0 Å². The minimum absolute atomic E-state index is 0.0299. The van der Waals surface area contributed by atoms with E-state index < -0.39 is 26.6 Å². The van der Waals surface area contributed by atoms with Crippen molar-refractivity contribution in [2.45, 2.75) is 264 Å². The molecule has 0 aromatic heterocycles. The minimum Gasteiger partial charge on any atom is -0.756 e. The van der Waals surface area contributed by atoms with Gasteiger partial charge in [0.25, 0.3) is 7.82 Å². The van der Waals surface area contributed by atoms with Crippen LogP contribution in [0.15, 0.2) is 72.9 Å². The second-order valence-electron chi connectivity index (χ2n) is 20.8. The maximum atomic E-state index is 13.5. The maximum absolute atomic E-state index is 13.5. The molecule has 0 aromatic carbocycles. The van der Waals surface area contributed by atoms with E-state index in [1.54, 1.807) is 0 Å². The molecule has 0 aromatic rings. The Morgan fingerprint density at radius 1 is 0.507 bits per heavy atom. The van der Waals surface area contributed by atoms with Gasteiger partial charge in [0.1, 0.15) is 19.3 Å². The van der Waals surface area contributed by atoms with Crippen molar-refractivity contribution in [1.82, 2.24) is 5.32 Å². The van der Waals surface area contributed by atoms with Crippen LogP contribution in [-0.2, 0) is 27.9 Å². The molecular weight excluding hydrogens is 904 g/mol. The Kier molecular flexibility index (Phi) is 49.1. The van der Waals surface area contributed by atoms with Gasteiger partial charge in [0, 0.05) is 12.8 Å². The Balaban J connectivity index is 5.33. The molecule has 0 heterocycles. The van der Waals surface area contributed by atoms with Crippen molar-refractivity contribution in [2.24, 2.45) is 0 Å². The number of phosphoric acid groups is 1. The number of quaternary nitrogens is 1. The summed E-state index contributed by atoms with van der Waals surface area (Å²) < 4.78 is 30.2. The summed E-state index contributed by atoms with van der Waals surface area (Å²) in [7, 11) is 1.16. The minimum atomic E-state index is -4.70. The zero-order valence-corrected chi connectivity index (χ0v) is 47.8. The van der Waals surface area contributed by atoms with Crippen LogP contribution in [0.5, 0.6) is 0 Å². The molecule has 71 heavy (non-hydrogen) atoms. The summed E-state index contributed by atoms with van der Waals surface area (Å²) >= 11 is 0.